The van der Waals surface area contributed by atoms with E-state index in [0.717, 1.165) is 0 Å². The van der Waals surface area contributed by atoms with Gasteiger partial charge in [-0.1, -0.05) is 0 Å². The third kappa shape index (κ3) is 17.3. The fourth-order valence-electron chi connectivity index (χ4n) is 0. The van der Waals surface area contributed by atoms with E-state index in [-0.39, 0.29) is 0 Å². The normalized spacial score (nSPS) is 6.00. The van der Waals surface area contributed by atoms with Gasteiger partial charge in [-0.15, -0.1) is 0 Å². The molecular formula is O2PTa. The Labute approximate surface area is 35.7 Å². The van der Waals surface area contributed by atoms with Crippen molar-refractivity contribution >= 4 is 5.57 Å². The van der Waals surface area contributed by atoms with Gasteiger partial charge in [-0.2, -0.15) is 0 Å². The fraction of sp³-hybridized carbons (Fsp3) is 0. The van der Waals surface area contributed by atoms with E-state index in [1.165, 1.54) is 0 Å². The average molecular weight is 244 g/mol. The summed E-state index contributed by atoms with van der Waals surface area (Å²) < 4.78 is 18.2. The van der Waals surface area contributed by atoms with Crippen molar-refractivity contribution in [3.63, 3.8) is 0 Å². The van der Waals surface area contributed by atoms with E-state index in [9.17, 15) is 0 Å². The van der Waals surface area contributed by atoms with Crippen LogP contribution in [0.5, 0.6) is 0 Å². The van der Waals surface area contributed by atoms with Crippen LogP contribution in [-0.2, 0) is 29.7 Å². The monoisotopic (exact) mass is 244 g/mol. The molecule has 0 unspecified atom stereocenters. The summed E-state index contributed by atoms with van der Waals surface area (Å²) in [7, 11) is 0. The molecule has 0 heterocycles. The molecule has 0 aromatic rings. The molecule has 0 aliphatic rings. The summed E-state index contributed by atoms with van der Waals surface area (Å²) in [5.74, 6) is 0. The van der Waals surface area contributed by atoms with Crippen LogP contribution >= 0.6 is 5.57 Å². The van der Waals surface area contributed by atoms with Crippen LogP contribution in [0, 0.1) is 0 Å². The zero-order valence-electron chi connectivity index (χ0n) is 1.71. The van der Waals surface area contributed by atoms with Crippen LogP contribution in [-0.4, -0.2) is 0 Å². The SMILES string of the molecule is O=[P](=O)[Ta]. The van der Waals surface area contributed by atoms with E-state index in [4.69, 9.17) is 9.13 Å². The topological polar surface area (TPSA) is 34.1 Å². The van der Waals surface area contributed by atoms with E-state index in [2.05, 4.69) is 0 Å². The Hall–Kier alpha value is 0.640. The molecule has 0 spiro atoms. The summed E-state index contributed by atoms with van der Waals surface area (Å²) in [5.41, 5.74) is -2.01. The molecule has 22 valence electrons. The van der Waals surface area contributed by atoms with Gasteiger partial charge >= 0.3 is 35.2 Å². The van der Waals surface area contributed by atoms with Crippen LogP contribution in [0.3, 0.4) is 0 Å². The Morgan fingerprint density at radius 3 is 1.50 bits per heavy atom. The van der Waals surface area contributed by atoms with Crippen LogP contribution in [0.4, 0.5) is 0 Å². The summed E-state index contributed by atoms with van der Waals surface area (Å²) in [5, 5.41) is 0. The molecule has 4 heteroatoms. The summed E-state index contributed by atoms with van der Waals surface area (Å²) in [6.07, 6.45) is 0. The molecular weight excluding hydrogens is 244 g/mol. The van der Waals surface area contributed by atoms with E-state index in [0.29, 0.717) is 20.5 Å². The molecule has 0 amide bonds. The van der Waals surface area contributed by atoms with Crippen molar-refractivity contribution in [2.75, 3.05) is 0 Å². The molecule has 4 heavy (non-hydrogen) atoms. The minimum atomic E-state index is -2.01. The van der Waals surface area contributed by atoms with Crippen molar-refractivity contribution in [3.05, 3.63) is 0 Å². The first-order valence-corrected chi connectivity index (χ1v) is 6.01. The molecule has 0 atom stereocenters. The molecule has 0 saturated carbocycles. The van der Waals surface area contributed by atoms with Crippen LogP contribution in [0.1, 0.15) is 0 Å². The average Bonchev–Trinajstić information content (AvgIpc) is 0.811. The molecule has 0 bridgehead atoms. The third-order valence-electron chi connectivity index (χ3n) is 0. The minimum absolute atomic E-state index is 0.466. The van der Waals surface area contributed by atoms with Gasteiger partial charge in [0.05, 0.1) is 0 Å². The van der Waals surface area contributed by atoms with Gasteiger partial charge in [-0.05, 0) is 0 Å². The zero-order chi connectivity index (χ0) is 3.58. The molecule has 0 aliphatic carbocycles. The summed E-state index contributed by atoms with van der Waals surface area (Å²) in [4.78, 5) is 0. The molecule has 0 N–H and O–H groups in total. The van der Waals surface area contributed by atoms with Crippen molar-refractivity contribution in [2.45, 2.75) is 0 Å². The Kier molecular flexibility index (Phi) is 2.22. The predicted octanol–water partition coefficient (Wildman–Crippen LogP) is 0.621. The molecule has 2 nitrogen and oxygen atoms in total. The molecule has 0 aromatic heterocycles. The first kappa shape index (κ1) is 4.64. The van der Waals surface area contributed by atoms with Gasteiger partial charge in [0.2, 0.25) is 0 Å². The van der Waals surface area contributed by atoms with Crippen LogP contribution in [0.15, 0.2) is 0 Å². The fourth-order valence-corrected chi connectivity index (χ4v) is 0. The first-order chi connectivity index (χ1) is 1.73. The Morgan fingerprint density at radius 2 is 1.50 bits per heavy atom. The van der Waals surface area contributed by atoms with Gasteiger partial charge in [0.1, 0.15) is 0 Å². The standard InChI is InChI=1S/O2P.Ta/c1-3-2;. The Bertz CT molecular complexity index is 54.4. The maximum absolute atomic E-state index is 9.09. The van der Waals surface area contributed by atoms with Crippen molar-refractivity contribution in [1.29, 1.82) is 0 Å². The molecule has 0 aliphatic heterocycles. The molecule has 0 aromatic carbocycles. The second-order valence-corrected chi connectivity index (χ2v) is 4.23. The van der Waals surface area contributed by atoms with E-state index in [1.54, 1.807) is 0 Å². The van der Waals surface area contributed by atoms with Gasteiger partial charge in [0.15, 0.2) is 0 Å². The second kappa shape index (κ2) is 1.91. The van der Waals surface area contributed by atoms with Crippen LogP contribution < -0.4 is 0 Å². The van der Waals surface area contributed by atoms with Gasteiger partial charge in [-0.3, -0.25) is 0 Å². The van der Waals surface area contributed by atoms with E-state index in [1.807, 2.05) is 0 Å². The number of hydrogen-bond donors (Lipinski definition) is 0. The zero-order valence-corrected chi connectivity index (χ0v) is 5.82. The Balaban J connectivity index is 3.51. The van der Waals surface area contributed by atoms with Crippen LogP contribution in [0.2, 0.25) is 0 Å². The molecule has 0 rings (SSSR count). The van der Waals surface area contributed by atoms with Crippen LogP contribution in [0.25, 0.3) is 0 Å². The van der Waals surface area contributed by atoms with Crippen molar-refractivity contribution in [2.24, 2.45) is 0 Å². The molecule has 0 fully saturated rings. The first-order valence-electron chi connectivity index (χ1n) is 0.565. The van der Waals surface area contributed by atoms with Gasteiger partial charge in [0, 0.05) is 0 Å². The molecule has 0 radical (unpaired) electrons. The van der Waals surface area contributed by atoms with Crippen molar-refractivity contribution < 1.29 is 29.7 Å². The number of rotatable bonds is 0. The van der Waals surface area contributed by atoms with Gasteiger partial charge < -0.3 is 0 Å². The predicted molar refractivity (Wildman–Crippen MR) is 8.29 cm³/mol. The molecule has 0 saturated heterocycles. The quantitative estimate of drug-likeness (QED) is 0.585. The second-order valence-electron chi connectivity index (χ2n) is 0.238. The summed E-state index contributed by atoms with van der Waals surface area (Å²) >= 11 is 0.466. The van der Waals surface area contributed by atoms with Crippen molar-refractivity contribution in [1.82, 2.24) is 0 Å². The van der Waals surface area contributed by atoms with E-state index < -0.39 is 5.57 Å². The summed E-state index contributed by atoms with van der Waals surface area (Å²) in [6.45, 7) is 0. The summed E-state index contributed by atoms with van der Waals surface area (Å²) in [6, 6.07) is 0. The number of hydrogen-bond acceptors (Lipinski definition) is 2. The van der Waals surface area contributed by atoms with E-state index >= 15 is 0 Å². The van der Waals surface area contributed by atoms with Gasteiger partial charge in [-0.25, -0.2) is 0 Å². The van der Waals surface area contributed by atoms with Crippen molar-refractivity contribution in [3.8, 4) is 0 Å². The van der Waals surface area contributed by atoms with Gasteiger partial charge in [0.25, 0.3) is 0 Å². The Morgan fingerprint density at radius 1 is 1.50 bits per heavy atom. The third-order valence-corrected chi connectivity index (χ3v) is 0. The maximum atomic E-state index is 9.09.